The third-order valence-electron chi connectivity index (χ3n) is 5.01. The number of para-hydroxylation sites is 1. The van der Waals surface area contributed by atoms with Gasteiger partial charge in [-0.05, 0) is 51.5 Å². The SMILES string of the molecule is CCNC(=NCc1cccc(OC)c1OC1CCCC1)N1CCCC1. The zero-order valence-corrected chi connectivity index (χ0v) is 15.6. The zero-order chi connectivity index (χ0) is 17.5. The van der Waals surface area contributed by atoms with Crippen LogP contribution in [-0.4, -0.2) is 43.7 Å². The van der Waals surface area contributed by atoms with Crippen molar-refractivity contribution in [3.05, 3.63) is 23.8 Å². The number of aliphatic imine (C=N–C) groups is 1. The fourth-order valence-corrected chi connectivity index (χ4v) is 3.67. The molecule has 5 nitrogen and oxygen atoms in total. The average molecular weight is 345 g/mol. The van der Waals surface area contributed by atoms with Crippen LogP contribution in [0.2, 0.25) is 0 Å². The highest BCUT2D eigenvalue weighted by Crippen LogP contribution is 2.35. The summed E-state index contributed by atoms with van der Waals surface area (Å²) in [7, 11) is 1.71. The van der Waals surface area contributed by atoms with E-state index in [1.165, 1.54) is 25.7 Å². The van der Waals surface area contributed by atoms with Crippen LogP contribution in [0, 0.1) is 0 Å². The number of likely N-dealkylation sites (tertiary alicyclic amines) is 1. The molecule has 0 radical (unpaired) electrons. The molecule has 2 fully saturated rings. The van der Waals surface area contributed by atoms with Crippen LogP contribution in [0.25, 0.3) is 0 Å². The molecule has 1 saturated heterocycles. The summed E-state index contributed by atoms with van der Waals surface area (Å²) in [6.07, 6.45) is 7.60. The second kappa shape index (κ2) is 8.97. The van der Waals surface area contributed by atoms with E-state index in [0.29, 0.717) is 12.6 Å². The molecule has 5 heteroatoms. The third-order valence-corrected chi connectivity index (χ3v) is 5.01. The Hall–Kier alpha value is -1.91. The molecular formula is C20H31N3O2. The molecule has 0 unspecified atom stereocenters. The molecule has 25 heavy (non-hydrogen) atoms. The lowest BCUT2D eigenvalue weighted by atomic mass is 10.1. The Balaban J connectivity index is 1.78. The number of nitrogens with zero attached hydrogens (tertiary/aromatic N) is 2. The van der Waals surface area contributed by atoms with Gasteiger partial charge in [-0.25, -0.2) is 4.99 Å². The Bertz CT molecular complexity index is 576. The first-order valence-corrected chi connectivity index (χ1v) is 9.67. The van der Waals surface area contributed by atoms with E-state index in [-0.39, 0.29) is 0 Å². The monoisotopic (exact) mass is 345 g/mol. The smallest absolute Gasteiger partial charge is 0.194 e. The first kappa shape index (κ1) is 17.9. The standard InChI is InChI=1S/C20H31N3O2/c1-3-21-20(23-13-6-7-14-23)22-15-16-9-8-12-18(24-2)19(16)25-17-10-4-5-11-17/h8-9,12,17H,3-7,10-11,13-15H2,1-2H3,(H,21,22). The highest BCUT2D eigenvalue weighted by Gasteiger charge is 2.21. The maximum atomic E-state index is 6.32. The summed E-state index contributed by atoms with van der Waals surface area (Å²) in [5.41, 5.74) is 1.10. The summed E-state index contributed by atoms with van der Waals surface area (Å²) in [4.78, 5) is 7.22. The maximum Gasteiger partial charge on any atom is 0.194 e. The van der Waals surface area contributed by atoms with E-state index in [2.05, 4.69) is 23.2 Å². The lowest BCUT2D eigenvalue weighted by Crippen LogP contribution is -2.39. The lowest BCUT2D eigenvalue weighted by Gasteiger charge is -2.22. The van der Waals surface area contributed by atoms with Crippen molar-refractivity contribution in [2.45, 2.75) is 58.1 Å². The number of ether oxygens (including phenoxy) is 2. The number of guanidine groups is 1. The Labute approximate surface area is 151 Å². The molecule has 0 atom stereocenters. The minimum absolute atomic E-state index is 0.311. The summed E-state index contributed by atoms with van der Waals surface area (Å²) >= 11 is 0. The molecule has 0 aromatic heterocycles. The van der Waals surface area contributed by atoms with Crippen LogP contribution >= 0.6 is 0 Å². The van der Waals surface area contributed by atoms with Gasteiger partial charge in [0.15, 0.2) is 17.5 Å². The van der Waals surface area contributed by atoms with E-state index in [4.69, 9.17) is 14.5 Å². The fraction of sp³-hybridized carbons (Fsp3) is 0.650. The van der Waals surface area contributed by atoms with Crippen LogP contribution in [0.4, 0.5) is 0 Å². The molecule has 0 spiro atoms. The molecule has 1 aromatic rings. The summed E-state index contributed by atoms with van der Waals surface area (Å²) in [6, 6.07) is 6.10. The molecule has 3 rings (SSSR count). The van der Waals surface area contributed by atoms with Gasteiger partial charge in [0.1, 0.15) is 0 Å². The molecule has 0 bridgehead atoms. The normalized spacial score (nSPS) is 18.6. The highest BCUT2D eigenvalue weighted by molar-refractivity contribution is 5.80. The van der Waals surface area contributed by atoms with Crippen LogP contribution < -0.4 is 14.8 Å². The van der Waals surface area contributed by atoms with Gasteiger partial charge in [0.05, 0.1) is 19.8 Å². The number of hydrogen-bond donors (Lipinski definition) is 1. The molecule has 1 aromatic carbocycles. The highest BCUT2D eigenvalue weighted by atomic mass is 16.5. The summed E-state index contributed by atoms with van der Waals surface area (Å²) in [5.74, 6) is 2.69. The molecule has 1 aliphatic heterocycles. The first-order chi connectivity index (χ1) is 12.3. The maximum absolute atomic E-state index is 6.32. The number of methoxy groups -OCH3 is 1. The third kappa shape index (κ3) is 4.59. The van der Waals surface area contributed by atoms with E-state index in [0.717, 1.165) is 55.5 Å². The number of rotatable bonds is 6. The van der Waals surface area contributed by atoms with E-state index < -0.39 is 0 Å². The van der Waals surface area contributed by atoms with Crippen molar-refractivity contribution in [1.29, 1.82) is 0 Å². The molecule has 138 valence electrons. The van der Waals surface area contributed by atoms with Gasteiger partial charge in [-0.3, -0.25) is 0 Å². The number of benzene rings is 1. The number of hydrogen-bond acceptors (Lipinski definition) is 3. The van der Waals surface area contributed by atoms with Gasteiger partial charge in [-0.2, -0.15) is 0 Å². The number of nitrogens with one attached hydrogen (secondary N) is 1. The van der Waals surface area contributed by atoms with Crippen LogP contribution in [0.3, 0.4) is 0 Å². The summed E-state index contributed by atoms with van der Waals surface area (Å²) in [5, 5.41) is 3.42. The largest absolute Gasteiger partial charge is 0.493 e. The molecule has 1 heterocycles. The average Bonchev–Trinajstić information content (AvgIpc) is 3.33. The minimum Gasteiger partial charge on any atom is -0.493 e. The van der Waals surface area contributed by atoms with Gasteiger partial charge in [0.25, 0.3) is 0 Å². The van der Waals surface area contributed by atoms with E-state index in [1.807, 2.05) is 12.1 Å². The van der Waals surface area contributed by atoms with Crippen molar-refractivity contribution < 1.29 is 9.47 Å². The molecule has 0 amide bonds. The van der Waals surface area contributed by atoms with Crippen molar-refractivity contribution in [2.75, 3.05) is 26.7 Å². The first-order valence-electron chi connectivity index (χ1n) is 9.67. The molecular weight excluding hydrogens is 314 g/mol. The van der Waals surface area contributed by atoms with Gasteiger partial charge in [-0.1, -0.05) is 12.1 Å². The van der Waals surface area contributed by atoms with E-state index >= 15 is 0 Å². The van der Waals surface area contributed by atoms with Crippen LogP contribution in [0.15, 0.2) is 23.2 Å². The van der Waals surface area contributed by atoms with Gasteiger partial charge in [-0.15, -0.1) is 0 Å². The van der Waals surface area contributed by atoms with Crippen molar-refractivity contribution in [3.8, 4) is 11.5 Å². The molecule has 1 saturated carbocycles. The van der Waals surface area contributed by atoms with Crippen LogP contribution in [0.1, 0.15) is 51.0 Å². The Morgan fingerprint density at radius 2 is 1.96 bits per heavy atom. The van der Waals surface area contributed by atoms with Crippen molar-refractivity contribution in [3.63, 3.8) is 0 Å². The van der Waals surface area contributed by atoms with Gasteiger partial charge in [0.2, 0.25) is 0 Å². The fourth-order valence-electron chi connectivity index (χ4n) is 3.67. The predicted molar refractivity (Wildman–Crippen MR) is 102 cm³/mol. The van der Waals surface area contributed by atoms with Crippen LogP contribution in [0.5, 0.6) is 11.5 Å². The molecule has 1 aliphatic carbocycles. The van der Waals surface area contributed by atoms with Crippen molar-refractivity contribution >= 4 is 5.96 Å². The zero-order valence-electron chi connectivity index (χ0n) is 15.6. The van der Waals surface area contributed by atoms with Crippen molar-refractivity contribution in [1.82, 2.24) is 10.2 Å². The second-order valence-corrected chi connectivity index (χ2v) is 6.84. The Kier molecular flexibility index (Phi) is 6.42. The molecule has 2 aliphatic rings. The quantitative estimate of drug-likeness (QED) is 0.632. The van der Waals surface area contributed by atoms with Gasteiger partial charge < -0.3 is 19.7 Å². The summed E-state index contributed by atoms with van der Waals surface area (Å²) < 4.78 is 11.9. The molecule has 1 N–H and O–H groups in total. The lowest BCUT2D eigenvalue weighted by molar-refractivity contribution is 0.198. The van der Waals surface area contributed by atoms with E-state index in [1.54, 1.807) is 7.11 Å². The van der Waals surface area contributed by atoms with Gasteiger partial charge >= 0.3 is 0 Å². The topological polar surface area (TPSA) is 46.1 Å². The second-order valence-electron chi connectivity index (χ2n) is 6.84. The Morgan fingerprint density at radius 3 is 2.64 bits per heavy atom. The Morgan fingerprint density at radius 1 is 1.20 bits per heavy atom. The van der Waals surface area contributed by atoms with E-state index in [9.17, 15) is 0 Å². The predicted octanol–water partition coefficient (Wildman–Crippen LogP) is 3.58. The van der Waals surface area contributed by atoms with Gasteiger partial charge in [0, 0.05) is 25.2 Å². The minimum atomic E-state index is 0.311. The van der Waals surface area contributed by atoms with Crippen molar-refractivity contribution in [2.24, 2.45) is 4.99 Å². The summed E-state index contributed by atoms with van der Waals surface area (Å²) in [6.45, 7) is 5.80. The van der Waals surface area contributed by atoms with Crippen LogP contribution in [-0.2, 0) is 6.54 Å².